The Labute approximate surface area is 125 Å². The lowest BCUT2D eigenvalue weighted by Gasteiger charge is -2.30. The van der Waals surface area contributed by atoms with Crippen molar-refractivity contribution < 1.29 is 9.47 Å². The van der Waals surface area contributed by atoms with Gasteiger partial charge < -0.3 is 15.2 Å². The van der Waals surface area contributed by atoms with Crippen molar-refractivity contribution in [1.29, 1.82) is 0 Å². The lowest BCUT2D eigenvalue weighted by molar-refractivity contribution is 0.0722. The monoisotopic (exact) mass is 283 g/mol. The van der Waals surface area contributed by atoms with Crippen LogP contribution in [0.5, 0.6) is 11.5 Å². The molecule has 0 saturated heterocycles. The van der Waals surface area contributed by atoms with Crippen molar-refractivity contribution in [3.05, 3.63) is 59.2 Å². The van der Waals surface area contributed by atoms with Gasteiger partial charge in [0.15, 0.2) is 11.5 Å². The fourth-order valence-electron chi connectivity index (χ4n) is 2.65. The predicted molar refractivity (Wildman–Crippen MR) is 83.9 cm³/mol. The van der Waals surface area contributed by atoms with Gasteiger partial charge in [0, 0.05) is 6.04 Å². The van der Waals surface area contributed by atoms with Crippen molar-refractivity contribution in [3.8, 4) is 11.5 Å². The summed E-state index contributed by atoms with van der Waals surface area (Å²) in [5.41, 5.74) is 10.2. The zero-order chi connectivity index (χ0) is 14.8. The van der Waals surface area contributed by atoms with Crippen molar-refractivity contribution >= 4 is 0 Å². The van der Waals surface area contributed by atoms with E-state index in [1.807, 2.05) is 24.3 Å². The van der Waals surface area contributed by atoms with Crippen molar-refractivity contribution in [2.75, 3.05) is 6.61 Å². The van der Waals surface area contributed by atoms with Crippen LogP contribution in [-0.2, 0) is 6.42 Å². The molecule has 0 aliphatic carbocycles. The number of ether oxygens (including phenoxy) is 2. The quantitative estimate of drug-likeness (QED) is 0.941. The highest BCUT2D eigenvalue weighted by Gasteiger charge is 2.26. The Kier molecular flexibility index (Phi) is 3.84. The SMILES string of the molecule is Cc1ccc(C)c(CC(N)C2COc3ccccc3O2)c1. The molecule has 110 valence electrons. The highest BCUT2D eigenvalue weighted by Crippen LogP contribution is 2.31. The third-order valence-electron chi connectivity index (χ3n) is 3.97. The molecule has 0 fully saturated rings. The maximum Gasteiger partial charge on any atom is 0.161 e. The normalized spacial score (nSPS) is 18.3. The molecule has 2 N–H and O–H groups in total. The largest absolute Gasteiger partial charge is 0.486 e. The summed E-state index contributed by atoms with van der Waals surface area (Å²) in [5.74, 6) is 1.58. The molecule has 0 bridgehead atoms. The van der Waals surface area contributed by atoms with E-state index in [1.54, 1.807) is 0 Å². The average Bonchev–Trinajstić information content (AvgIpc) is 2.50. The van der Waals surface area contributed by atoms with Crippen LogP contribution in [-0.4, -0.2) is 18.8 Å². The maximum absolute atomic E-state index is 6.35. The number of para-hydroxylation sites is 2. The van der Waals surface area contributed by atoms with Crippen LogP contribution in [0.25, 0.3) is 0 Å². The fraction of sp³-hybridized carbons (Fsp3) is 0.333. The Morgan fingerprint density at radius 3 is 2.71 bits per heavy atom. The predicted octanol–water partition coefficient (Wildman–Crippen LogP) is 3.01. The van der Waals surface area contributed by atoms with Crippen molar-refractivity contribution in [1.82, 2.24) is 0 Å². The first kappa shape index (κ1) is 14.0. The molecule has 0 aromatic heterocycles. The number of hydrogen-bond acceptors (Lipinski definition) is 3. The van der Waals surface area contributed by atoms with Gasteiger partial charge in [-0.3, -0.25) is 0 Å². The smallest absolute Gasteiger partial charge is 0.161 e. The van der Waals surface area contributed by atoms with Crippen LogP contribution in [0.2, 0.25) is 0 Å². The lowest BCUT2D eigenvalue weighted by Crippen LogP contribution is -2.46. The summed E-state index contributed by atoms with van der Waals surface area (Å²) in [5, 5.41) is 0. The summed E-state index contributed by atoms with van der Waals surface area (Å²) in [7, 11) is 0. The van der Waals surface area contributed by atoms with E-state index in [1.165, 1.54) is 16.7 Å². The molecule has 21 heavy (non-hydrogen) atoms. The Bertz CT molecular complexity index is 639. The van der Waals surface area contributed by atoms with Gasteiger partial charge in [-0.15, -0.1) is 0 Å². The molecular formula is C18H21NO2. The fourth-order valence-corrected chi connectivity index (χ4v) is 2.65. The first-order chi connectivity index (χ1) is 10.1. The second kappa shape index (κ2) is 5.78. The van der Waals surface area contributed by atoms with Gasteiger partial charge in [0.1, 0.15) is 12.7 Å². The van der Waals surface area contributed by atoms with Crippen LogP contribution >= 0.6 is 0 Å². The van der Waals surface area contributed by atoms with Gasteiger partial charge in [0.25, 0.3) is 0 Å². The molecule has 3 nitrogen and oxygen atoms in total. The van der Waals surface area contributed by atoms with Crippen molar-refractivity contribution in [3.63, 3.8) is 0 Å². The highest BCUT2D eigenvalue weighted by atomic mass is 16.6. The molecule has 3 heteroatoms. The standard InChI is InChI=1S/C18H21NO2/c1-12-7-8-13(2)14(9-12)10-15(19)18-11-20-16-5-3-4-6-17(16)21-18/h3-9,15,18H,10-11,19H2,1-2H3. The summed E-state index contributed by atoms with van der Waals surface area (Å²) in [6.45, 7) is 4.73. The van der Waals surface area contributed by atoms with Crippen molar-refractivity contribution in [2.45, 2.75) is 32.4 Å². The minimum atomic E-state index is -0.111. The number of fused-ring (bicyclic) bond motifs is 1. The first-order valence-electron chi connectivity index (χ1n) is 7.33. The number of aryl methyl sites for hydroxylation is 2. The Balaban J connectivity index is 1.72. The van der Waals surface area contributed by atoms with Crippen LogP contribution < -0.4 is 15.2 Å². The number of hydrogen-bond donors (Lipinski definition) is 1. The molecule has 0 amide bonds. The van der Waals surface area contributed by atoms with Crippen LogP contribution in [0.15, 0.2) is 42.5 Å². The zero-order valence-corrected chi connectivity index (χ0v) is 12.5. The van der Waals surface area contributed by atoms with Crippen LogP contribution in [0.4, 0.5) is 0 Å². The van der Waals surface area contributed by atoms with E-state index >= 15 is 0 Å². The Morgan fingerprint density at radius 2 is 1.90 bits per heavy atom. The molecular weight excluding hydrogens is 262 g/mol. The second-order valence-electron chi connectivity index (χ2n) is 5.71. The summed E-state index contributed by atoms with van der Waals surface area (Å²) >= 11 is 0. The van der Waals surface area contributed by atoms with Gasteiger partial charge in [-0.2, -0.15) is 0 Å². The molecule has 0 saturated carbocycles. The van der Waals surface area contributed by atoms with Crippen LogP contribution in [0.1, 0.15) is 16.7 Å². The number of nitrogens with two attached hydrogens (primary N) is 1. The summed E-state index contributed by atoms with van der Waals surface area (Å²) in [6, 6.07) is 14.1. The van der Waals surface area contributed by atoms with Crippen LogP contribution in [0.3, 0.4) is 0 Å². The lowest BCUT2D eigenvalue weighted by atomic mass is 9.96. The van der Waals surface area contributed by atoms with Gasteiger partial charge in [-0.1, -0.05) is 35.9 Å². The third kappa shape index (κ3) is 3.03. The summed E-state index contributed by atoms with van der Waals surface area (Å²) in [6.07, 6.45) is 0.684. The average molecular weight is 283 g/mol. The number of rotatable bonds is 3. The van der Waals surface area contributed by atoms with Gasteiger partial charge in [0.2, 0.25) is 0 Å². The first-order valence-corrected chi connectivity index (χ1v) is 7.33. The molecule has 2 atom stereocenters. The topological polar surface area (TPSA) is 44.5 Å². The molecule has 2 aromatic carbocycles. The van der Waals surface area contributed by atoms with E-state index < -0.39 is 0 Å². The number of benzene rings is 2. The molecule has 0 spiro atoms. The molecule has 1 heterocycles. The van der Waals surface area contributed by atoms with Crippen molar-refractivity contribution in [2.24, 2.45) is 5.73 Å². The minimum absolute atomic E-state index is 0.0844. The van der Waals surface area contributed by atoms with E-state index in [0.29, 0.717) is 6.61 Å². The zero-order valence-electron chi connectivity index (χ0n) is 12.5. The van der Waals surface area contributed by atoms with Crippen LogP contribution in [0, 0.1) is 13.8 Å². The second-order valence-corrected chi connectivity index (χ2v) is 5.71. The van der Waals surface area contributed by atoms with Gasteiger partial charge >= 0.3 is 0 Å². The van der Waals surface area contributed by atoms with Gasteiger partial charge in [-0.05, 0) is 43.5 Å². The molecule has 2 unspecified atom stereocenters. The molecule has 2 aromatic rings. The maximum atomic E-state index is 6.35. The molecule has 0 radical (unpaired) electrons. The van der Waals surface area contributed by atoms with E-state index in [9.17, 15) is 0 Å². The van der Waals surface area contributed by atoms with Gasteiger partial charge in [0.05, 0.1) is 0 Å². The van der Waals surface area contributed by atoms with E-state index in [-0.39, 0.29) is 12.1 Å². The minimum Gasteiger partial charge on any atom is -0.486 e. The summed E-state index contributed by atoms with van der Waals surface area (Å²) in [4.78, 5) is 0. The molecule has 3 rings (SSSR count). The highest BCUT2D eigenvalue weighted by molar-refractivity contribution is 5.41. The third-order valence-corrected chi connectivity index (χ3v) is 3.97. The van der Waals surface area contributed by atoms with E-state index in [2.05, 4.69) is 32.0 Å². The molecule has 1 aliphatic rings. The molecule has 1 aliphatic heterocycles. The Hall–Kier alpha value is -2.00. The summed E-state index contributed by atoms with van der Waals surface area (Å²) < 4.78 is 11.7. The Morgan fingerprint density at radius 1 is 1.14 bits per heavy atom. The van der Waals surface area contributed by atoms with E-state index in [4.69, 9.17) is 15.2 Å². The van der Waals surface area contributed by atoms with Gasteiger partial charge in [-0.25, -0.2) is 0 Å². The van der Waals surface area contributed by atoms with E-state index in [0.717, 1.165) is 17.9 Å².